The van der Waals surface area contributed by atoms with Crippen molar-refractivity contribution in [1.29, 1.82) is 0 Å². The molecule has 0 aromatic heterocycles. The van der Waals surface area contributed by atoms with Crippen LogP contribution in [0.25, 0.3) is 0 Å². The topological polar surface area (TPSA) is 41.1 Å². The van der Waals surface area contributed by atoms with Crippen LogP contribution < -0.4 is 10.6 Å². The number of carbonyl (C=O) groups is 1. The summed E-state index contributed by atoms with van der Waals surface area (Å²) in [7, 11) is 0. The van der Waals surface area contributed by atoms with Gasteiger partial charge in [-0.3, -0.25) is 10.1 Å². The van der Waals surface area contributed by atoms with Crippen molar-refractivity contribution >= 4 is 23.2 Å². The summed E-state index contributed by atoms with van der Waals surface area (Å²) in [6.45, 7) is 3.14. The first-order valence-electron chi connectivity index (χ1n) is 7.77. The Labute approximate surface area is 153 Å². The minimum atomic E-state index is -4.66. The number of benzene rings is 2. The normalized spacial score (nSPS) is 14.0. The first-order valence-corrected chi connectivity index (χ1v) is 8.15. The third-order valence-electron chi connectivity index (χ3n) is 3.81. The molecule has 0 bridgehead atoms. The van der Waals surface area contributed by atoms with Crippen LogP contribution in [0.2, 0.25) is 5.02 Å². The van der Waals surface area contributed by atoms with Crippen molar-refractivity contribution in [3.63, 3.8) is 0 Å². The maximum absolute atomic E-state index is 13.8. The predicted octanol–water partition coefficient (Wildman–Crippen LogP) is 5.18. The highest BCUT2D eigenvalue weighted by molar-refractivity contribution is 6.30. The van der Waals surface area contributed by atoms with Gasteiger partial charge in [-0.15, -0.1) is 0 Å². The quantitative estimate of drug-likeness (QED) is 0.693. The highest BCUT2D eigenvalue weighted by Crippen LogP contribution is 2.36. The second-order valence-corrected chi connectivity index (χ2v) is 6.24. The second kappa shape index (κ2) is 8.05. The number of amides is 1. The zero-order valence-electron chi connectivity index (χ0n) is 14.0. The van der Waals surface area contributed by atoms with Crippen LogP contribution in [0.3, 0.4) is 0 Å². The van der Waals surface area contributed by atoms with Crippen LogP contribution in [0, 0.1) is 5.82 Å². The van der Waals surface area contributed by atoms with Crippen molar-refractivity contribution in [2.45, 2.75) is 32.1 Å². The Bertz CT molecular complexity index is 795. The van der Waals surface area contributed by atoms with E-state index >= 15 is 0 Å². The van der Waals surface area contributed by atoms with Crippen molar-refractivity contribution in [3.8, 4) is 0 Å². The summed E-state index contributed by atoms with van der Waals surface area (Å²) in [5, 5.41) is 5.02. The minimum Gasteiger partial charge on any atom is -0.324 e. The summed E-state index contributed by atoms with van der Waals surface area (Å²) in [6.07, 6.45) is -4.66. The number of carbonyl (C=O) groups excluding carboxylic acids is 1. The first-order chi connectivity index (χ1) is 12.1. The number of halogens is 5. The average Bonchev–Trinajstić information content (AvgIpc) is 2.55. The van der Waals surface area contributed by atoms with Gasteiger partial charge in [0.15, 0.2) is 0 Å². The lowest BCUT2D eigenvalue weighted by Gasteiger charge is -2.21. The van der Waals surface area contributed by atoms with E-state index < -0.39 is 35.5 Å². The molecule has 140 valence electrons. The molecule has 3 nitrogen and oxygen atoms in total. The molecule has 0 saturated carbocycles. The molecule has 26 heavy (non-hydrogen) atoms. The van der Waals surface area contributed by atoms with Crippen LogP contribution in [0.5, 0.6) is 0 Å². The molecule has 0 saturated heterocycles. The van der Waals surface area contributed by atoms with Gasteiger partial charge in [0.2, 0.25) is 5.91 Å². The molecule has 0 fully saturated rings. The average molecular weight is 389 g/mol. The van der Waals surface area contributed by atoms with E-state index in [4.69, 9.17) is 11.6 Å². The van der Waals surface area contributed by atoms with Gasteiger partial charge in [-0.2, -0.15) is 13.2 Å². The fourth-order valence-corrected chi connectivity index (χ4v) is 2.64. The van der Waals surface area contributed by atoms with Crippen LogP contribution in [0.15, 0.2) is 42.5 Å². The summed E-state index contributed by atoms with van der Waals surface area (Å²) < 4.78 is 53.0. The number of anilines is 1. The van der Waals surface area contributed by atoms with Crippen molar-refractivity contribution in [2.24, 2.45) is 0 Å². The number of hydrogen-bond acceptors (Lipinski definition) is 2. The first kappa shape index (κ1) is 20.2. The molecular weight excluding hydrogens is 372 g/mol. The minimum absolute atomic E-state index is 0.0883. The van der Waals surface area contributed by atoms with E-state index in [-0.39, 0.29) is 10.7 Å². The summed E-state index contributed by atoms with van der Waals surface area (Å²) in [5.41, 5.74) is -1.07. The number of alkyl halides is 3. The van der Waals surface area contributed by atoms with Gasteiger partial charge >= 0.3 is 6.18 Å². The zero-order chi connectivity index (χ0) is 19.5. The third-order valence-corrected chi connectivity index (χ3v) is 4.04. The van der Waals surface area contributed by atoms with Gasteiger partial charge in [0.05, 0.1) is 17.3 Å². The van der Waals surface area contributed by atoms with E-state index in [9.17, 15) is 22.4 Å². The summed E-state index contributed by atoms with van der Waals surface area (Å²) in [6, 6.07) is 7.79. The van der Waals surface area contributed by atoms with E-state index in [1.165, 1.54) is 19.1 Å². The Morgan fingerprint density at radius 1 is 1.12 bits per heavy atom. The molecule has 0 aliphatic carbocycles. The lowest BCUT2D eigenvalue weighted by atomic mass is 10.1. The van der Waals surface area contributed by atoms with Crippen molar-refractivity contribution in [1.82, 2.24) is 5.32 Å². The van der Waals surface area contributed by atoms with E-state index in [1.54, 1.807) is 25.1 Å². The molecule has 0 unspecified atom stereocenters. The monoisotopic (exact) mass is 388 g/mol. The molecular formula is C18H17ClF4N2O. The van der Waals surface area contributed by atoms with E-state index in [0.29, 0.717) is 5.56 Å². The molecule has 0 aliphatic heterocycles. The van der Waals surface area contributed by atoms with Crippen molar-refractivity contribution < 1.29 is 22.4 Å². The molecule has 2 N–H and O–H groups in total. The van der Waals surface area contributed by atoms with Gasteiger partial charge in [0.1, 0.15) is 5.82 Å². The van der Waals surface area contributed by atoms with Gasteiger partial charge in [0.25, 0.3) is 0 Å². The molecule has 0 aliphatic rings. The molecule has 1 amide bonds. The Kier molecular flexibility index (Phi) is 6.26. The van der Waals surface area contributed by atoms with E-state index in [1.807, 2.05) is 0 Å². The fraction of sp³-hybridized carbons (Fsp3) is 0.278. The summed E-state index contributed by atoms with van der Waals surface area (Å²) >= 11 is 5.61. The Balaban J connectivity index is 2.12. The predicted molar refractivity (Wildman–Crippen MR) is 92.5 cm³/mol. The summed E-state index contributed by atoms with van der Waals surface area (Å²) in [4.78, 5) is 12.3. The maximum Gasteiger partial charge on any atom is 0.418 e. The van der Waals surface area contributed by atoms with E-state index in [0.717, 1.165) is 12.1 Å². The van der Waals surface area contributed by atoms with Gasteiger partial charge in [-0.1, -0.05) is 29.8 Å². The Hall–Kier alpha value is -2.12. The van der Waals surface area contributed by atoms with Crippen LogP contribution in [-0.4, -0.2) is 11.9 Å². The van der Waals surface area contributed by atoms with Crippen molar-refractivity contribution in [3.05, 3.63) is 64.4 Å². The lowest BCUT2D eigenvalue weighted by Crippen LogP contribution is -2.40. The summed E-state index contributed by atoms with van der Waals surface area (Å²) in [5.74, 6) is -1.11. The van der Waals surface area contributed by atoms with Crippen LogP contribution in [-0.2, 0) is 11.0 Å². The molecule has 0 spiro atoms. The van der Waals surface area contributed by atoms with Crippen LogP contribution in [0.1, 0.15) is 31.0 Å². The zero-order valence-corrected chi connectivity index (χ0v) is 14.8. The van der Waals surface area contributed by atoms with Gasteiger partial charge in [-0.25, -0.2) is 4.39 Å². The fourth-order valence-electron chi connectivity index (χ4n) is 2.47. The maximum atomic E-state index is 13.8. The number of nitrogens with one attached hydrogen (secondary N) is 2. The molecule has 2 rings (SSSR count). The molecule has 8 heteroatoms. The van der Waals surface area contributed by atoms with Gasteiger partial charge in [0, 0.05) is 16.6 Å². The van der Waals surface area contributed by atoms with E-state index in [2.05, 4.69) is 10.6 Å². The smallest absolute Gasteiger partial charge is 0.324 e. The highest BCUT2D eigenvalue weighted by Gasteiger charge is 2.34. The van der Waals surface area contributed by atoms with Gasteiger partial charge in [-0.05, 0) is 38.1 Å². The number of hydrogen-bond donors (Lipinski definition) is 2. The van der Waals surface area contributed by atoms with Crippen LogP contribution in [0.4, 0.5) is 23.2 Å². The van der Waals surface area contributed by atoms with Gasteiger partial charge < -0.3 is 5.32 Å². The molecule has 2 aromatic rings. The van der Waals surface area contributed by atoms with Crippen molar-refractivity contribution in [2.75, 3.05) is 5.32 Å². The molecule has 2 aromatic carbocycles. The Morgan fingerprint density at radius 3 is 2.38 bits per heavy atom. The second-order valence-electron chi connectivity index (χ2n) is 5.81. The number of rotatable bonds is 5. The lowest BCUT2D eigenvalue weighted by molar-refractivity contribution is -0.137. The highest BCUT2D eigenvalue weighted by atomic mass is 35.5. The SMILES string of the molecule is C[C@H](N[C@H](C)c1ccccc1F)C(=O)Nc1ccc(Cl)cc1C(F)(F)F. The standard InChI is InChI=1S/C18H17ClF4N2O/c1-10(13-5-3-4-6-15(13)20)24-11(2)17(26)25-16-8-7-12(19)9-14(16)18(21,22)23/h3-11,24H,1-2H3,(H,25,26)/t10-,11+/m1/s1. The molecule has 0 radical (unpaired) electrons. The largest absolute Gasteiger partial charge is 0.418 e. The molecule has 0 heterocycles. The molecule has 2 atom stereocenters. The van der Waals surface area contributed by atoms with Crippen LogP contribution >= 0.6 is 11.6 Å². The third kappa shape index (κ3) is 4.95. The Morgan fingerprint density at radius 2 is 1.77 bits per heavy atom.